The lowest BCUT2D eigenvalue weighted by Gasteiger charge is -2.15. The first-order chi connectivity index (χ1) is 7.89. The fraction of sp³-hybridized carbons (Fsp3) is 1.00. The Kier molecular flexibility index (Phi) is 5.85. The summed E-state index contributed by atoms with van der Waals surface area (Å²) in [7, 11) is -3.23. The highest BCUT2D eigenvalue weighted by Gasteiger charge is 2.25. The average molecular weight is 265 g/mol. The number of aliphatic hydroxyl groups is 1. The molecule has 1 fully saturated rings. The topological polar surface area (TPSA) is 75.6 Å². The first-order valence-corrected chi connectivity index (χ1v) is 7.94. The molecular formula is C11H23NO4S. The molecule has 6 heteroatoms. The van der Waals surface area contributed by atoms with Gasteiger partial charge in [0.2, 0.25) is 0 Å². The van der Waals surface area contributed by atoms with Gasteiger partial charge in [0.15, 0.2) is 9.84 Å². The normalized spacial score (nSPS) is 23.2. The van der Waals surface area contributed by atoms with Crippen molar-refractivity contribution in [3.63, 3.8) is 0 Å². The minimum absolute atomic E-state index is 0.0335. The molecule has 0 aliphatic carbocycles. The van der Waals surface area contributed by atoms with E-state index < -0.39 is 15.9 Å². The van der Waals surface area contributed by atoms with E-state index in [-0.39, 0.29) is 23.7 Å². The summed E-state index contributed by atoms with van der Waals surface area (Å²) in [6.07, 6.45) is 0.714. The van der Waals surface area contributed by atoms with Gasteiger partial charge in [-0.3, -0.25) is 0 Å². The first kappa shape index (κ1) is 14.9. The van der Waals surface area contributed by atoms with E-state index in [1.807, 2.05) is 13.8 Å². The van der Waals surface area contributed by atoms with E-state index in [0.29, 0.717) is 13.2 Å². The number of sulfone groups is 1. The Morgan fingerprint density at radius 2 is 2.18 bits per heavy atom. The molecule has 0 bridgehead atoms. The molecule has 0 saturated carbocycles. The number of aliphatic hydroxyl groups excluding tert-OH is 1. The number of nitrogens with one attached hydrogen (secondary N) is 1. The molecule has 0 spiro atoms. The monoisotopic (exact) mass is 265 g/mol. The van der Waals surface area contributed by atoms with Gasteiger partial charge >= 0.3 is 0 Å². The third-order valence-electron chi connectivity index (χ3n) is 2.67. The molecule has 102 valence electrons. The fourth-order valence-electron chi connectivity index (χ4n) is 1.85. The maximum Gasteiger partial charge on any atom is 0.155 e. The van der Waals surface area contributed by atoms with Crippen molar-refractivity contribution in [2.45, 2.75) is 44.9 Å². The van der Waals surface area contributed by atoms with Gasteiger partial charge in [-0.15, -0.1) is 0 Å². The van der Waals surface area contributed by atoms with Crippen molar-refractivity contribution in [3.8, 4) is 0 Å². The van der Waals surface area contributed by atoms with Gasteiger partial charge in [-0.1, -0.05) is 13.8 Å². The number of hydrogen-bond acceptors (Lipinski definition) is 5. The zero-order valence-electron chi connectivity index (χ0n) is 10.6. The van der Waals surface area contributed by atoms with Crippen molar-refractivity contribution in [1.82, 2.24) is 5.32 Å². The molecule has 0 radical (unpaired) electrons. The van der Waals surface area contributed by atoms with Crippen LogP contribution in [0.4, 0.5) is 0 Å². The Balaban J connectivity index is 2.32. The van der Waals surface area contributed by atoms with Crippen molar-refractivity contribution >= 4 is 9.84 Å². The average Bonchev–Trinajstić information content (AvgIpc) is 2.65. The van der Waals surface area contributed by atoms with Crippen LogP contribution in [0.2, 0.25) is 0 Å². The molecule has 1 rings (SSSR count). The summed E-state index contributed by atoms with van der Waals surface area (Å²) >= 11 is 0. The Hall–Kier alpha value is -0.170. The van der Waals surface area contributed by atoms with Gasteiger partial charge in [0, 0.05) is 19.2 Å². The van der Waals surface area contributed by atoms with Crippen LogP contribution in [-0.2, 0) is 14.6 Å². The summed E-state index contributed by atoms with van der Waals surface area (Å²) in [4.78, 5) is 0. The lowest BCUT2D eigenvalue weighted by atomic mass is 10.3. The van der Waals surface area contributed by atoms with Crippen molar-refractivity contribution in [1.29, 1.82) is 0 Å². The summed E-state index contributed by atoms with van der Waals surface area (Å²) in [5.74, 6) is -0.154. The molecule has 5 nitrogen and oxygen atoms in total. The van der Waals surface area contributed by atoms with Crippen LogP contribution in [0.5, 0.6) is 0 Å². The largest absolute Gasteiger partial charge is 0.391 e. The minimum atomic E-state index is -3.23. The van der Waals surface area contributed by atoms with Crippen LogP contribution in [0.3, 0.4) is 0 Å². The second kappa shape index (κ2) is 6.68. The van der Waals surface area contributed by atoms with Crippen LogP contribution in [0, 0.1) is 0 Å². The molecule has 0 amide bonds. The van der Waals surface area contributed by atoms with E-state index in [1.54, 1.807) is 0 Å². The predicted molar refractivity (Wildman–Crippen MR) is 66.8 cm³/mol. The van der Waals surface area contributed by atoms with Gasteiger partial charge in [-0.05, 0) is 12.8 Å². The Morgan fingerprint density at radius 1 is 1.47 bits per heavy atom. The summed E-state index contributed by atoms with van der Waals surface area (Å²) in [5.41, 5.74) is 0. The SMILES string of the molecule is CC(C)NCC(O)CS(=O)(=O)CC1CCCO1. The maximum atomic E-state index is 11.8. The van der Waals surface area contributed by atoms with Crippen LogP contribution < -0.4 is 5.32 Å². The third-order valence-corrected chi connectivity index (χ3v) is 4.44. The summed E-state index contributed by atoms with van der Waals surface area (Å²) in [5, 5.41) is 12.6. The summed E-state index contributed by atoms with van der Waals surface area (Å²) < 4.78 is 28.8. The quantitative estimate of drug-likeness (QED) is 0.674. The molecule has 0 aromatic rings. The van der Waals surface area contributed by atoms with Gasteiger partial charge in [0.05, 0.1) is 23.7 Å². The van der Waals surface area contributed by atoms with Gasteiger partial charge in [0.1, 0.15) is 0 Å². The molecular weight excluding hydrogens is 242 g/mol. The van der Waals surface area contributed by atoms with Crippen LogP contribution in [0.25, 0.3) is 0 Å². The minimum Gasteiger partial charge on any atom is -0.391 e. The van der Waals surface area contributed by atoms with Gasteiger partial charge in [-0.2, -0.15) is 0 Å². The van der Waals surface area contributed by atoms with E-state index in [9.17, 15) is 13.5 Å². The molecule has 0 aromatic carbocycles. The van der Waals surface area contributed by atoms with E-state index in [1.165, 1.54) is 0 Å². The lowest BCUT2D eigenvalue weighted by molar-refractivity contribution is 0.127. The summed E-state index contributed by atoms with van der Waals surface area (Å²) in [6, 6.07) is 0.241. The highest BCUT2D eigenvalue weighted by atomic mass is 32.2. The van der Waals surface area contributed by atoms with E-state index in [4.69, 9.17) is 4.74 Å². The maximum absolute atomic E-state index is 11.8. The van der Waals surface area contributed by atoms with Crippen LogP contribution in [0.15, 0.2) is 0 Å². The zero-order valence-corrected chi connectivity index (χ0v) is 11.4. The Bertz CT molecular complexity index is 309. The van der Waals surface area contributed by atoms with E-state index in [0.717, 1.165) is 12.8 Å². The number of ether oxygens (including phenoxy) is 1. The highest BCUT2D eigenvalue weighted by molar-refractivity contribution is 7.91. The number of rotatable bonds is 7. The van der Waals surface area contributed by atoms with E-state index in [2.05, 4.69) is 5.32 Å². The van der Waals surface area contributed by atoms with Gasteiger partial charge in [0.25, 0.3) is 0 Å². The molecule has 2 unspecified atom stereocenters. The molecule has 0 aromatic heterocycles. The van der Waals surface area contributed by atoms with Crippen molar-refractivity contribution in [3.05, 3.63) is 0 Å². The van der Waals surface area contributed by atoms with Gasteiger partial charge < -0.3 is 15.2 Å². The highest BCUT2D eigenvalue weighted by Crippen LogP contribution is 2.14. The smallest absolute Gasteiger partial charge is 0.155 e. The Morgan fingerprint density at radius 3 is 2.71 bits per heavy atom. The standard InChI is InChI=1S/C11H23NO4S/c1-9(2)12-6-10(13)7-17(14,15)8-11-4-3-5-16-11/h9-13H,3-8H2,1-2H3. The van der Waals surface area contributed by atoms with Crippen molar-refractivity contribution < 1.29 is 18.3 Å². The molecule has 1 saturated heterocycles. The zero-order chi connectivity index (χ0) is 12.9. The third kappa shape index (κ3) is 6.35. The fourth-order valence-corrected chi connectivity index (χ4v) is 3.52. The second-order valence-electron chi connectivity index (χ2n) is 4.93. The second-order valence-corrected chi connectivity index (χ2v) is 7.08. The predicted octanol–water partition coefficient (Wildman–Crippen LogP) is -0.0609. The molecule has 1 aliphatic rings. The first-order valence-electron chi connectivity index (χ1n) is 6.12. The molecule has 1 aliphatic heterocycles. The molecule has 2 N–H and O–H groups in total. The lowest BCUT2D eigenvalue weighted by Crippen LogP contribution is -2.37. The van der Waals surface area contributed by atoms with Crippen LogP contribution in [-0.4, -0.2) is 56.4 Å². The van der Waals surface area contributed by atoms with Crippen molar-refractivity contribution in [2.75, 3.05) is 24.7 Å². The van der Waals surface area contributed by atoms with Crippen LogP contribution >= 0.6 is 0 Å². The van der Waals surface area contributed by atoms with Crippen molar-refractivity contribution in [2.24, 2.45) is 0 Å². The molecule has 2 atom stereocenters. The summed E-state index contributed by atoms with van der Waals surface area (Å²) in [6.45, 7) is 4.86. The number of hydrogen-bond donors (Lipinski definition) is 2. The molecule has 17 heavy (non-hydrogen) atoms. The van der Waals surface area contributed by atoms with E-state index >= 15 is 0 Å². The Labute approximate surface area is 103 Å². The van der Waals surface area contributed by atoms with Crippen LogP contribution in [0.1, 0.15) is 26.7 Å². The molecule has 1 heterocycles. The van der Waals surface area contributed by atoms with Gasteiger partial charge in [-0.25, -0.2) is 8.42 Å².